The van der Waals surface area contributed by atoms with Gasteiger partial charge in [-0.1, -0.05) is 6.08 Å². The maximum atomic E-state index is 7.62. The third-order valence-electron chi connectivity index (χ3n) is 0.647. The fourth-order valence-electron chi connectivity index (χ4n) is 0.260. The first-order valence-electron chi connectivity index (χ1n) is 3.63. The smallest absolute Gasteiger partial charge is 0.0662 e. The van der Waals surface area contributed by atoms with Crippen molar-refractivity contribution in [2.45, 2.75) is 20.0 Å². The van der Waals surface area contributed by atoms with E-state index in [0.29, 0.717) is 12.7 Å². The second kappa shape index (κ2) is 12.3. The third-order valence-corrected chi connectivity index (χ3v) is 0.647. The van der Waals surface area contributed by atoms with E-state index in [0.717, 1.165) is 0 Å². The Morgan fingerprint density at radius 3 is 1.91 bits per heavy atom. The van der Waals surface area contributed by atoms with Crippen molar-refractivity contribution in [2.24, 2.45) is 0 Å². The first-order chi connectivity index (χ1) is 5.18. The van der Waals surface area contributed by atoms with Crippen LogP contribution in [-0.2, 0) is 4.74 Å². The summed E-state index contributed by atoms with van der Waals surface area (Å²) < 4.78 is 5.07. The Morgan fingerprint density at radius 1 is 1.36 bits per heavy atom. The van der Waals surface area contributed by atoms with E-state index in [4.69, 9.17) is 14.9 Å². The van der Waals surface area contributed by atoms with Crippen molar-refractivity contribution in [3.8, 4) is 0 Å². The van der Waals surface area contributed by atoms with Gasteiger partial charge in [-0.3, -0.25) is 0 Å². The molecule has 0 aliphatic rings. The van der Waals surface area contributed by atoms with Crippen LogP contribution >= 0.6 is 0 Å². The normalized spacial score (nSPS) is 8.82. The highest BCUT2D eigenvalue weighted by Gasteiger charge is 1.85. The summed E-state index contributed by atoms with van der Waals surface area (Å²) in [7, 11) is 0. The molecular weight excluding hydrogens is 144 g/mol. The van der Waals surface area contributed by atoms with Crippen LogP contribution in [-0.4, -0.2) is 36.1 Å². The van der Waals surface area contributed by atoms with Crippen LogP contribution in [0.3, 0.4) is 0 Å². The van der Waals surface area contributed by atoms with Crippen molar-refractivity contribution in [3.05, 3.63) is 12.7 Å². The van der Waals surface area contributed by atoms with Gasteiger partial charge in [0.1, 0.15) is 0 Å². The summed E-state index contributed by atoms with van der Waals surface area (Å²) in [5.41, 5.74) is 0. The molecule has 0 heterocycles. The molecule has 0 aromatic carbocycles. The molecule has 0 fully saturated rings. The minimum absolute atomic E-state index is 0.125. The minimum atomic E-state index is -0.125. The average molecular weight is 162 g/mol. The quantitative estimate of drug-likeness (QED) is 0.594. The van der Waals surface area contributed by atoms with Gasteiger partial charge in [-0.25, -0.2) is 0 Å². The number of aliphatic hydroxyl groups is 2. The first-order valence-corrected chi connectivity index (χ1v) is 3.63. The van der Waals surface area contributed by atoms with Gasteiger partial charge in [-0.15, -0.1) is 6.58 Å². The van der Waals surface area contributed by atoms with Gasteiger partial charge in [0.25, 0.3) is 0 Å². The molecule has 0 rings (SSSR count). The topological polar surface area (TPSA) is 49.7 Å². The predicted octanol–water partition coefficient (Wildman–Crippen LogP) is 0.568. The molecular formula is C8H18O3. The molecule has 11 heavy (non-hydrogen) atoms. The van der Waals surface area contributed by atoms with E-state index in [1.54, 1.807) is 6.08 Å². The Morgan fingerprint density at radius 2 is 1.82 bits per heavy atom. The van der Waals surface area contributed by atoms with E-state index < -0.39 is 0 Å². The number of ether oxygens (including phenoxy) is 1. The van der Waals surface area contributed by atoms with Crippen molar-refractivity contribution in [3.63, 3.8) is 0 Å². The Kier molecular flexibility index (Phi) is 14.8. The molecule has 0 aromatic rings. The van der Waals surface area contributed by atoms with E-state index in [1.165, 1.54) is 0 Å². The molecule has 0 amide bonds. The zero-order valence-electron chi connectivity index (χ0n) is 7.29. The average Bonchev–Trinajstić information content (AvgIpc) is 2.01. The molecule has 3 nitrogen and oxygen atoms in total. The summed E-state index contributed by atoms with van der Waals surface area (Å²) in [5, 5.41) is 15.2. The van der Waals surface area contributed by atoms with E-state index in [2.05, 4.69) is 6.58 Å². The number of hydrogen-bond donors (Lipinski definition) is 2. The van der Waals surface area contributed by atoms with Crippen molar-refractivity contribution >= 4 is 0 Å². The molecule has 0 unspecified atom stereocenters. The largest absolute Gasteiger partial charge is 0.394 e. The zero-order chi connectivity index (χ0) is 9.11. The van der Waals surface area contributed by atoms with E-state index >= 15 is 0 Å². The van der Waals surface area contributed by atoms with Crippen LogP contribution in [0.1, 0.15) is 13.8 Å². The molecule has 2 N–H and O–H groups in total. The predicted molar refractivity (Wildman–Crippen MR) is 45.5 cm³/mol. The fraction of sp³-hybridized carbons (Fsp3) is 0.750. The lowest BCUT2D eigenvalue weighted by Crippen LogP contribution is -2.00. The van der Waals surface area contributed by atoms with Gasteiger partial charge in [-0.05, 0) is 13.8 Å². The lowest BCUT2D eigenvalue weighted by Gasteiger charge is -2.01. The SMILES string of the molecule is C=CCOC(C)C.OCCO. The van der Waals surface area contributed by atoms with E-state index in [9.17, 15) is 0 Å². The lowest BCUT2D eigenvalue weighted by atomic mass is 10.5. The Labute approximate surface area is 68.3 Å². The maximum Gasteiger partial charge on any atom is 0.0662 e. The van der Waals surface area contributed by atoms with Gasteiger partial charge >= 0.3 is 0 Å². The van der Waals surface area contributed by atoms with Crippen LogP contribution in [0, 0.1) is 0 Å². The molecule has 0 aromatic heterocycles. The second-order valence-corrected chi connectivity index (χ2v) is 2.12. The van der Waals surface area contributed by atoms with Crippen LogP contribution in [0.5, 0.6) is 0 Å². The standard InChI is InChI=1S/C6H12O.C2H6O2/c1-4-5-7-6(2)3;3-1-2-4/h4,6H,1,5H2,2-3H3;3-4H,1-2H2. The molecule has 68 valence electrons. The van der Waals surface area contributed by atoms with Gasteiger partial charge in [0.2, 0.25) is 0 Å². The third kappa shape index (κ3) is 26.2. The van der Waals surface area contributed by atoms with E-state index in [1.807, 2.05) is 13.8 Å². The van der Waals surface area contributed by atoms with E-state index in [-0.39, 0.29) is 13.2 Å². The van der Waals surface area contributed by atoms with Gasteiger partial charge in [0.05, 0.1) is 25.9 Å². The molecule has 3 heteroatoms. The highest BCUT2D eigenvalue weighted by Crippen LogP contribution is 1.84. The summed E-state index contributed by atoms with van der Waals surface area (Å²) in [6, 6.07) is 0. The summed E-state index contributed by atoms with van der Waals surface area (Å²) >= 11 is 0. The fourth-order valence-corrected chi connectivity index (χ4v) is 0.260. The van der Waals surface area contributed by atoms with Gasteiger partial charge in [-0.2, -0.15) is 0 Å². The molecule has 0 aliphatic carbocycles. The molecule has 0 saturated carbocycles. The molecule has 0 atom stereocenters. The first kappa shape index (κ1) is 13.2. The summed E-state index contributed by atoms with van der Waals surface area (Å²) in [4.78, 5) is 0. The molecule has 0 spiro atoms. The van der Waals surface area contributed by atoms with Crippen LogP contribution in [0.25, 0.3) is 0 Å². The van der Waals surface area contributed by atoms with Crippen molar-refractivity contribution in [1.29, 1.82) is 0 Å². The van der Waals surface area contributed by atoms with Gasteiger partial charge < -0.3 is 14.9 Å². The Hall–Kier alpha value is -0.380. The molecule has 0 radical (unpaired) electrons. The highest BCUT2D eigenvalue weighted by atomic mass is 16.5. The summed E-state index contributed by atoms with van der Waals surface area (Å²) in [5.74, 6) is 0. The minimum Gasteiger partial charge on any atom is -0.394 e. The monoisotopic (exact) mass is 162 g/mol. The Bertz CT molecular complexity index is 69.7. The Balaban J connectivity index is 0. The van der Waals surface area contributed by atoms with Crippen molar-refractivity contribution < 1.29 is 14.9 Å². The van der Waals surface area contributed by atoms with Crippen LogP contribution in [0.2, 0.25) is 0 Å². The summed E-state index contributed by atoms with van der Waals surface area (Å²) in [6.07, 6.45) is 2.08. The highest BCUT2D eigenvalue weighted by molar-refractivity contribution is 4.64. The maximum absolute atomic E-state index is 7.62. The van der Waals surface area contributed by atoms with Crippen molar-refractivity contribution in [1.82, 2.24) is 0 Å². The molecule has 0 saturated heterocycles. The van der Waals surface area contributed by atoms with Gasteiger partial charge in [0, 0.05) is 0 Å². The van der Waals surface area contributed by atoms with Gasteiger partial charge in [0.15, 0.2) is 0 Å². The van der Waals surface area contributed by atoms with Crippen molar-refractivity contribution in [2.75, 3.05) is 19.8 Å². The summed E-state index contributed by atoms with van der Waals surface area (Å²) in [6.45, 7) is 7.93. The number of aliphatic hydroxyl groups excluding tert-OH is 2. The second-order valence-electron chi connectivity index (χ2n) is 2.12. The number of hydrogen-bond acceptors (Lipinski definition) is 3. The van der Waals surface area contributed by atoms with Crippen LogP contribution in [0.15, 0.2) is 12.7 Å². The molecule has 0 aliphatic heterocycles. The number of rotatable bonds is 4. The van der Waals surface area contributed by atoms with Crippen LogP contribution in [0.4, 0.5) is 0 Å². The molecule has 0 bridgehead atoms. The van der Waals surface area contributed by atoms with Crippen LogP contribution < -0.4 is 0 Å². The zero-order valence-corrected chi connectivity index (χ0v) is 7.29. The lowest BCUT2D eigenvalue weighted by molar-refractivity contribution is 0.103.